The molecule has 2 aromatic carbocycles. The minimum Gasteiger partial charge on any atom is -0.494 e. The molecule has 2 aliphatic heterocycles. The second kappa shape index (κ2) is 7.13. The zero-order valence-electron chi connectivity index (χ0n) is 16.0. The predicted octanol–water partition coefficient (Wildman–Crippen LogP) is 3.00. The van der Waals surface area contributed by atoms with Crippen molar-refractivity contribution >= 4 is 21.6 Å². The van der Waals surface area contributed by atoms with E-state index in [1.54, 1.807) is 9.80 Å². The van der Waals surface area contributed by atoms with Crippen molar-refractivity contribution in [3.8, 4) is 5.75 Å². The Morgan fingerprint density at radius 2 is 1.71 bits per heavy atom. The van der Waals surface area contributed by atoms with Gasteiger partial charge in [0.2, 0.25) is 0 Å². The van der Waals surface area contributed by atoms with Gasteiger partial charge in [0.1, 0.15) is 5.75 Å². The van der Waals surface area contributed by atoms with Crippen molar-refractivity contribution < 1.29 is 17.9 Å². The molecule has 0 spiro atoms. The number of sulfone groups is 1. The molecule has 6 nitrogen and oxygen atoms in total. The molecule has 148 valence electrons. The van der Waals surface area contributed by atoms with Crippen LogP contribution in [0.15, 0.2) is 48.5 Å². The van der Waals surface area contributed by atoms with Crippen molar-refractivity contribution in [1.82, 2.24) is 4.90 Å². The van der Waals surface area contributed by atoms with Crippen molar-refractivity contribution in [1.29, 1.82) is 0 Å². The zero-order valence-corrected chi connectivity index (χ0v) is 16.9. The minimum absolute atomic E-state index is 0.000883. The van der Waals surface area contributed by atoms with Gasteiger partial charge in [-0.3, -0.25) is 4.90 Å². The molecule has 0 aliphatic carbocycles. The third-order valence-corrected chi connectivity index (χ3v) is 7.20. The van der Waals surface area contributed by atoms with E-state index in [1.165, 1.54) is 0 Å². The number of anilines is 1. The molecule has 2 heterocycles. The Morgan fingerprint density at radius 1 is 1.04 bits per heavy atom. The highest BCUT2D eigenvalue weighted by atomic mass is 32.2. The minimum atomic E-state index is -3.18. The summed E-state index contributed by atoms with van der Waals surface area (Å²) in [6.45, 7) is 4.89. The lowest BCUT2D eigenvalue weighted by Gasteiger charge is -2.23. The summed E-state index contributed by atoms with van der Waals surface area (Å²) in [7, 11) is -3.18. The van der Waals surface area contributed by atoms with Gasteiger partial charge in [-0.15, -0.1) is 0 Å². The smallest absolute Gasteiger partial charge is 0.325 e. The van der Waals surface area contributed by atoms with Gasteiger partial charge in [-0.05, 0) is 49.2 Å². The van der Waals surface area contributed by atoms with Gasteiger partial charge < -0.3 is 9.64 Å². The molecule has 4 rings (SSSR count). The number of nitrogens with zero attached hydrogens (tertiary/aromatic N) is 2. The number of carbonyl (C=O) groups excluding carboxylic acids is 1. The molecule has 0 aromatic heterocycles. The third-order valence-electron chi connectivity index (χ3n) is 5.51. The molecule has 2 saturated heterocycles. The first-order valence-corrected chi connectivity index (χ1v) is 11.3. The molecule has 2 fully saturated rings. The standard InChI is InChI=1S/C21H24N2O4S/c1-3-27-18-10-8-17(9-11-18)23-20-14-28(25,26)13-19(20)22(21(23)24)12-16-7-5-4-6-15(16)2/h4-11,19-20H,3,12-14H2,1-2H3/t19-,20-/m1/s1. The molecule has 0 unspecified atom stereocenters. The van der Waals surface area contributed by atoms with Crippen LogP contribution in [0.2, 0.25) is 0 Å². The van der Waals surface area contributed by atoms with Gasteiger partial charge in [-0.1, -0.05) is 24.3 Å². The molecule has 28 heavy (non-hydrogen) atoms. The van der Waals surface area contributed by atoms with Crippen LogP contribution in [-0.4, -0.2) is 49.5 Å². The van der Waals surface area contributed by atoms with E-state index in [0.29, 0.717) is 18.8 Å². The Balaban J connectivity index is 1.67. The average Bonchev–Trinajstić information content (AvgIpc) is 3.08. The molecule has 2 aliphatic rings. The zero-order chi connectivity index (χ0) is 19.9. The summed E-state index contributed by atoms with van der Waals surface area (Å²) in [5.41, 5.74) is 2.83. The van der Waals surface area contributed by atoms with Crippen molar-refractivity contribution in [2.45, 2.75) is 32.5 Å². The van der Waals surface area contributed by atoms with Crippen LogP contribution in [0.4, 0.5) is 10.5 Å². The van der Waals surface area contributed by atoms with Crippen LogP contribution in [0.5, 0.6) is 5.75 Å². The fourth-order valence-electron chi connectivity index (χ4n) is 4.10. The molecule has 2 atom stereocenters. The Labute approximate surface area is 165 Å². The lowest BCUT2D eigenvalue weighted by Crippen LogP contribution is -2.37. The monoisotopic (exact) mass is 400 g/mol. The van der Waals surface area contributed by atoms with Gasteiger partial charge in [0.25, 0.3) is 0 Å². The lowest BCUT2D eigenvalue weighted by molar-refractivity contribution is 0.205. The molecule has 0 bridgehead atoms. The summed E-state index contributed by atoms with van der Waals surface area (Å²) in [5.74, 6) is 0.745. The number of hydrogen-bond acceptors (Lipinski definition) is 4. The van der Waals surface area contributed by atoms with Gasteiger partial charge in [0.05, 0.1) is 30.2 Å². The first kappa shape index (κ1) is 18.8. The maximum absolute atomic E-state index is 13.3. The number of carbonyl (C=O) groups is 1. The number of aryl methyl sites for hydroxylation is 1. The fourth-order valence-corrected chi connectivity index (χ4v) is 6.05. The first-order chi connectivity index (χ1) is 13.4. The topological polar surface area (TPSA) is 66.9 Å². The maximum atomic E-state index is 13.3. The average molecular weight is 401 g/mol. The quantitative estimate of drug-likeness (QED) is 0.724. The number of urea groups is 1. The van der Waals surface area contributed by atoms with E-state index in [9.17, 15) is 13.2 Å². The van der Waals surface area contributed by atoms with Crippen LogP contribution >= 0.6 is 0 Å². The number of ether oxygens (including phenoxy) is 1. The number of hydrogen-bond donors (Lipinski definition) is 0. The van der Waals surface area contributed by atoms with E-state index < -0.39 is 9.84 Å². The van der Waals surface area contributed by atoms with Crippen molar-refractivity contribution in [2.75, 3.05) is 23.0 Å². The van der Waals surface area contributed by atoms with Crippen molar-refractivity contribution in [3.63, 3.8) is 0 Å². The van der Waals surface area contributed by atoms with E-state index in [1.807, 2.05) is 62.4 Å². The van der Waals surface area contributed by atoms with E-state index >= 15 is 0 Å². The SMILES string of the molecule is CCOc1ccc(N2C(=O)N(Cc3ccccc3C)[C@@H]3CS(=O)(=O)C[C@H]32)cc1. The number of amides is 2. The highest BCUT2D eigenvalue weighted by Gasteiger charge is 2.53. The summed E-state index contributed by atoms with van der Waals surface area (Å²) in [4.78, 5) is 16.6. The second-order valence-corrected chi connectivity index (χ2v) is 9.50. The van der Waals surface area contributed by atoms with E-state index in [2.05, 4.69) is 0 Å². The van der Waals surface area contributed by atoms with E-state index in [-0.39, 0.29) is 29.6 Å². The Morgan fingerprint density at radius 3 is 2.39 bits per heavy atom. The molecule has 7 heteroatoms. The van der Waals surface area contributed by atoms with Crippen LogP contribution < -0.4 is 9.64 Å². The third kappa shape index (κ3) is 3.35. The molecule has 2 amide bonds. The first-order valence-electron chi connectivity index (χ1n) is 9.47. The second-order valence-electron chi connectivity index (χ2n) is 7.35. The van der Waals surface area contributed by atoms with Gasteiger partial charge in [0.15, 0.2) is 9.84 Å². The Bertz CT molecular complexity index is 988. The molecule has 0 saturated carbocycles. The normalized spacial score (nSPS) is 23.1. The molecule has 2 aromatic rings. The van der Waals surface area contributed by atoms with Crippen LogP contribution in [0.3, 0.4) is 0 Å². The summed E-state index contributed by atoms with van der Waals surface area (Å²) >= 11 is 0. The van der Waals surface area contributed by atoms with E-state index in [0.717, 1.165) is 16.9 Å². The molecular formula is C21H24N2O4S. The molecule has 0 radical (unpaired) electrons. The highest BCUT2D eigenvalue weighted by Crippen LogP contribution is 2.36. The Hall–Kier alpha value is -2.54. The van der Waals surface area contributed by atoms with Crippen LogP contribution in [0.25, 0.3) is 0 Å². The van der Waals surface area contributed by atoms with Gasteiger partial charge >= 0.3 is 6.03 Å². The van der Waals surface area contributed by atoms with E-state index in [4.69, 9.17) is 4.74 Å². The summed E-state index contributed by atoms with van der Waals surface area (Å²) in [5, 5.41) is 0. The summed E-state index contributed by atoms with van der Waals surface area (Å²) < 4.78 is 30.2. The lowest BCUT2D eigenvalue weighted by atomic mass is 10.1. The maximum Gasteiger partial charge on any atom is 0.325 e. The summed E-state index contributed by atoms with van der Waals surface area (Å²) in [6.07, 6.45) is 0. The van der Waals surface area contributed by atoms with Gasteiger partial charge in [0, 0.05) is 12.2 Å². The van der Waals surface area contributed by atoms with Gasteiger partial charge in [-0.2, -0.15) is 0 Å². The van der Waals surface area contributed by atoms with Crippen molar-refractivity contribution in [2.24, 2.45) is 0 Å². The van der Waals surface area contributed by atoms with Gasteiger partial charge in [-0.25, -0.2) is 13.2 Å². The van der Waals surface area contributed by atoms with Crippen molar-refractivity contribution in [3.05, 3.63) is 59.7 Å². The van der Waals surface area contributed by atoms with Crippen LogP contribution in [0.1, 0.15) is 18.1 Å². The molecular weight excluding hydrogens is 376 g/mol. The summed E-state index contributed by atoms with van der Waals surface area (Å²) in [6, 6.07) is 14.3. The highest BCUT2D eigenvalue weighted by molar-refractivity contribution is 7.91. The van der Waals surface area contributed by atoms with Crippen LogP contribution in [-0.2, 0) is 16.4 Å². The molecule has 0 N–H and O–H groups in total. The Kier molecular flexibility index (Phi) is 4.79. The number of fused-ring (bicyclic) bond motifs is 1. The number of benzene rings is 2. The predicted molar refractivity (Wildman–Crippen MR) is 108 cm³/mol. The number of rotatable bonds is 5. The largest absolute Gasteiger partial charge is 0.494 e. The van der Waals surface area contributed by atoms with Crippen LogP contribution in [0, 0.1) is 6.92 Å². The fraction of sp³-hybridized carbons (Fsp3) is 0.381.